The molecule has 0 bridgehead atoms. The lowest BCUT2D eigenvalue weighted by molar-refractivity contribution is -0.145. The number of amidine groups is 1. The van der Waals surface area contributed by atoms with Gasteiger partial charge < -0.3 is 15.2 Å². The molecule has 4 aromatic rings. The summed E-state index contributed by atoms with van der Waals surface area (Å²) in [4.78, 5) is 26.9. The van der Waals surface area contributed by atoms with Gasteiger partial charge in [0, 0.05) is 16.3 Å². The molecule has 5 rings (SSSR count). The number of esters is 1. The molecular weight excluding hydrogens is 580 g/mol. The van der Waals surface area contributed by atoms with Crippen molar-refractivity contribution in [2.75, 3.05) is 24.5 Å². The number of fused-ring (bicyclic) bond motifs is 1. The van der Waals surface area contributed by atoms with Crippen molar-refractivity contribution in [1.82, 2.24) is 4.31 Å². The van der Waals surface area contributed by atoms with E-state index in [1.165, 1.54) is 17.0 Å². The molecule has 1 aliphatic heterocycles. The second-order valence-corrected chi connectivity index (χ2v) is 12.0. The smallest absolute Gasteiger partial charge is 0.414 e. The van der Waals surface area contributed by atoms with Crippen molar-refractivity contribution in [3.05, 3.63) is 107 Å². The van der Waals surface area contributed by atoms with Crippen molar-refractivity contribution in [3.63, 3.8) is 0 Å². The molecule has 1 amide bonds. The molecule has 4 aromatic carbocycles. The number of benzene rings is 4. The van der Waals surface area contributed by atoms with Gasteiger partial charge >= 0.3 is 12.1 Å². The van der Waals surface area contributed by atoms with E-state index in [2.05, 4.69) is 0 Å². The maximum absolute atomic E-state index is 13.9. The fourth-order valence-electron chi connectivity index (χ4n) is 4.56. The Morgan fingerprint density at radius 1 is 1.02 bits per heavy atom. The molecule has 1 saturated heterocycles. The zero-order valence-corrected chi connectivity index (χ0v) is 23.8. The van der Waals surface area contributed by atoms with E-state index in [1.54, 1.807) is 72.8 Å². The van der Waals surface area contributed by atoms with Crippen molar-refractivity contribution in [2.45, 2.75) is 17.6 Å². The molecule has 0 saturated carbocycles. The van der Waals surface area contributed by atoms with Gasteiger partial charge in [0.05, 0.1) is 18.0 Å². The lowest BCUT2D eigenvalue weighted by atomic mass is 10.1. The standard InChI is InChI=1S/C30H27ClN4O6S/c31-24-10-6-23-15-27(13-9-22(23)14-24)42(38,39)34(18-28(36)40-19-20-4-2-1-3-5-20)16-26-17-35(30(37)41-26)25-11-7-21(8-12-25)29(32)33/h1-15,26H,16-19H2,(H3,32,33). The van der Waals surface area contributed by atoms with Crippen LogP contribution in [0.2, 0.25) is 5.02 Å². The van der Waals surface area contributed by atoms with Crippen LogP contribution in [0.25, 0.3) is 10.8 Å². The Morgan fingerprint density at radius 2 is 1.71 bits per heavy atom. The summed E-state index contributed by atoms with van der Waals surface area (Å²) in [5.74, 6) is -0.865. The van der Waals surface area contributed by atoms with Gasteiger partial charge in [-0.3, -0.25) is 15.1 Å². The van der Waals surface area contributed by atoms with Gasteiger partial charge in [-0.25, -0.2) is 13.2 Å². The number of nitrogens with zero attached hydrogens (tertiary/aromatic N) is 2. The van der Waals surface area contributed by atoms with Gasteiger partial charge in [0.1, 0.15) is 25.1 Å². The van der Waals surface area contributed by atoms with Crippen LogP contribution in [0.5, 0.6) is 0 Å². The third-order valence-corrected chi connectivity index (χ3v) is 8.77. The number of hydrogen-bond acceptors (Lipinski definition) is 7. The lowest BCUT2D eigenvalue weighted by Gasteiger charge is -2.24. The Balaban J connectivity index is 1.38. The van der Waals surface area contributed by atoms with Gasteiger partial charge in [0.25, 0.3) is 0 Å². The minimum absolute atomic E-state index is 0.0211. The third kappa shape index (κ3) is 6.54. The Labute approximate surface area is 247 Å². The highest BCUT2D eigenvalue weighted by atomic mass is 35.5. The molecule has 3 N–H and O–H groups in total. The fourth-order valence-corrected chi connectivity index (χ4v) is 6.19. The van der Waals surface area contributed by atoms with E-state index >= 15 is 0 Å². The molecule has 1 atom stereocenters. The number of cyclic esters (lactones) is 1. The number of nitrogens with one attached hydrogen (secondary N) is 1. The number of carbonyl (C=O) groups excluding carboxylic acids is 2. The summed E-state index contributed by atoms with van der Waals surface area (Å²) in [5.41, 5.74) is 7.26. The van der Waals surface area contributed by atoms with Crippen molar-refractivity contribution in [2.24, 2.45) is 5.73 Å². The van der Waals surface area contributed by atoms with Crippen molar-refractivity contribution in [3.8, 4) is 0 Å². The van der Waals surface area contributed by atoms with Crippen molar-refractivity contribution in [1.29, 1.82) is 5.41 Å². The van der Waals surface area contributed by atoms with Crippen LogP contribution in [-0.4, -0.2) is 56.4 Å². The van der Waals surface area contributed by atoms with E-state index in [1.807, 2.05) is 6.07 Å². The number of anilines is 1. The van der Waals surface area contributed by atoms with E-state index < -0.39 is 34.7 Å². The summed E-state index contributed by atoms with van der Waals surface area (Å²) >= 11 is 6.08. The van der Waals surface area contributed by atoms with Crippen molar-refractivity contribution < 1.29 is 27.5 Å². The molecule has 1 unspecified atom stereocenters. The highest BCUT2D eigenvalue weighted by Crippen LogP contribution is 2.27. The average molecular weight is 607 g/mol. The van der Waals surface area contributed by atoms with Crippen LogP contribution < -0.4 is 10.6 Å². The van der Waals surface area contributed by atoms with E-state index in [4.69, 9.17) is 32.2 Å². The molecular formula is C30H27ClN4O6S. The number of amides is 1. The number of ether oxygens (including phenoxy) is 2. The Kier molecular flexibility index (Phi) is 8.44. The number of rotatable bonds is 10. The van der Waals surface area contributed by atoms with Gasteiger partial charge in [0.15, 0.2) is 0 Å². The molecule has 10 nitrogen and oxygen atoms in total. The Bertz CT molecular complexity index is 1750. The van der Waals surface area contributed by atoms with Gasteiger partial charge in [-0.2, -0.15) is 4.31 Å². The molecule has 1 fully saturated rings. The molecule has 0 radical (unpaired) electrons. The first-order chi connectivity index (χ1) is 20.1. The first-order valence-electron chi connectivity index (χ1n) is 12.9. The predicted molar refractivity (Wildman–Crippen MR) is 159 cm³/mol. The summed E-state index contributed by atoms with van der Waals surface area (Å²) in [7, 11) is -4.23. The normalized spacial score (nSPS) is 15.1. The summed E-state index contributed by atoms with van der Waals surface area (Å²) < 4.78 is 39.6. The summed E-state index contributed by atoms with van der Waals surface area (Å²) in [6.45, 7) is -0.851. The van der Waals surface area contributed by atoms with Gasteiger partial charge in [0.2, 0.25) is 10.0 Å². The van der Waals surface area contributed by atoms with Crippen LogP contribution in [0.4, 0.5) is 10.5 Å². The number of sulfonamides is 1. The van der Waals surface area contributed by atoms with Gasteiger partial charge in [-0.1, -0.05) is 54.1 Å². The molecule has 42 heavy (non-hydrogen) atoms. The largest absolute Gasteiger partial charge is 0.460 e. The molecule has 0 spiro atoms. The average Bonchev–Trinajstić information content (AvgIpc) is 3.35. The summed E-state index contributed by atoms with van der Waals surface area (Å²) in [5, 5.41) is 9.47. The minimum Gasteiger partial charge on any atom is -0.460 e. The fraction of sp³-hybridized carbons (Fsp3) is 0.167. The molecule has 1 heterocycles. The first-order valence-corrected chi connectivity index (χ1v) is 14.7. The maximum atomic E-state index is 13.9. The maximum Gasteiger partial charge on any atom is 0.414 e. The molecule has 12 heteroatoms. The van der Waals surface area contributed by atoms with Crippen LogP contribution in [0.15, 0.2) is 95.9 Å². The predicted octanol–water partition coefficient (Wildman–Crippen LogP) is 4.54. The number of hydrogen-bond donors (Lipinski definition) is 2. The SMILES string of the molecule is N=C(N)c1ccc(N2CC(CN(CC(=O)OCc3ccccc3)S(=O)(=O)c3ccc4cc(Cl)ccc4c3)OC2=O)cc1. The number of nitrogens with two attached hydrogens (primary N) is 1. The van der Waals surface area contributed by atoms with E-state index in [0.29, 0.717) is 21.7 Å². The summed E-state index contributed by atoms with van der Waals surface area (Å²) in [6.07, 6.45) is -1.54. The van der Waals surface area contributed by atoms with E-state index in [9.17, 15) is 18.0 Å². The second-order valence-electron chi connectivity index (χ2n) is 9.67. The Hall–Kier alpha value is -4.45. The number of carbonyl (C=O) groups is 2. The zero-order chi connectivity index (χ0) is 29.9. The van der Waals surface area contributed by atoms with Gasteiger partial charge in [-0.15, -0.1) is 0 Å². The van der Waals surface area contributed by atoms with Crippen LogP contribution in [-0.2, 0) is 30.9 Å². The van der Waals surface area contributed by atoms with Crippen LogP contribution in [0.1, 0.15) is 11.1 Å². The topological polar surface area (TPSA) is 143 Å². The highest BCUT2D eigenvalue weighted by Gasteiger charge is 2.37. The Morgan fingerprint density at radius 3 is 2.43 bits per heavy atom. The summed E-state index contributed by atoms with van der Waals surface area (Å²) in [6, 6.07) is 25.2. The minimum atomic E-state index is -4.23. The van der Waals surface area contributed by atoms with Crippen LogP contribution in [0, 0.1) is 5.41 Å². The monoisotopic (exact) mass is 606 g/mol. The number of nitrogen functional groups attached to an aromatic ring is 1. The van der Waals surface area contributed by atoms with Gasteiger partial charge in [-0.05, 0) is 64.9 Å². The number of halogens is 1. The van der Waals surface area contributed by atoms with Crippen LogP contribution in [0.3, 0.4) is 0 Å². The lowest BCUT2D eigenvalue weighted by Crippen LogP contribution is -2.42. The van der Waals surface area contributed by atoms with Crippen molar-refractivity contribution >= 4 is 56.0 Å². The zero-order valence-electron chi connectivity index (χ0n) is 22.3. The van der Waals surface area contributed by atoms with E-state index in [0.717, 1.165) is 15.3 Å². The molecule has 1 aliphatic rings. The highest BCUT2D eigenvalue weighted by molar-refractivity contribution is 7.89. The molecule has 0 aliphatic carbocycles. The second kappa shape index (κ2) is 12.2. The van der Waals surface area contributed by atoms with Crippen LogP contribution >= 0.6 is 11.6 Å². The molecule has 0 aromatic heterocycles. The quantitative estimate of drug-likeness (QED) is 0.153. The first kappa shape index (κ1) is 29.1. The third-order valence-electron chi connectivity index (χ3n) is 6.73. The van der Waals surface area contributed by atoms with E-state index in [-0.39, 0.29) is 30.4 Å². The molecule has 216 valence electrons.